The van der Waals surface area contributed by atoms with Gasteiger partial charge < -0.3 is 0 Å². The Labute approximate surface area is 76.7 Å². The van der Waals surface area contributed by atoms with Crippen LogP contribution in [0.15, 0.2) is 0 Å². The summed E-state index contributed by atoms with van der Waals surface area (Å²) in [7, 11) is 0. The summed E-state index contributed by atoms with van der Waals surface area (Å²) in [6, 6.07) is 0. The van der Waals surface area contributed by atoms with Gasteiger partial charge in [0.25, 0.3) is 0 Å². The lowest BCUT2D eigenvalue weighted by atomic mass is 10.0. The van der Waals surface area contributed by atoms with Crippen molar-refractivity contribution in [2.45, 2.75) is 58.3 Å². The molecule has 2 aliphatic rings. The van der Waals surface area contributed by atoms with Crippen molar-refractivity contribution in [3.05, 3.63) is 0 Å². The minimum atomic E-state index is 1.18. The minimum absolute atomic E-state index is 1.18. The molecule has 2 unspecified atom stereocenters. The zero-order valence-corrected chi connectivity index (χ0v) is 8.39. The molecular formula is C12H22. The Hall–Kier alpha value is 0. The van der Waals surface area contributed by atoms with Crippen molar-refractivity contribution in [2.24, 2.45) is 17.8 Å². The van der Waals surface area contributed by atoms with Crippen molar-refractivity contribution in [2.75, 3.05) is 0 Å². The first-order valence-corrected chi connectivity index (χ1v) is 5.93. The Morgan fingerprint density at radius 1 is 1.00 bits per heavy atom. The van der Waals surface area contributed by atoms with Gasteiger partial charge in [-0.15, -0.1) is 0 Å². The Bertz CT molecular complexity index is 127. The molecule has 2 aliphatic carbocycles. The summed E-state index contributed by atoms with van der Waals surface area (Å²) in [5.41, 5.74) is 0. The Balaban J connectivity index is 1.64. The number of rotatable bonds is 4. The average molecular weight is 166 g/mol. The molecule has 70 valence electrons. The van der Waals surface area contributed by atoms with Crippen molar-refractivity contribution in [3.63, 3.8) is 0 Å². The quantitative estimate of drug-likeness (QED) is 0.554. The van der Waals surface area contributed by atoms with Crippen molar-refractivity contribution >= 4 is 0 Å². The van der Waals surface area contributed by atoms with Crippen LogP contribution in [-0.4, -0.2) is 0 Å². The molecule has 0 spiro atoms. The molecule has 0 aliphatic heterocycles. The average Bonchev–Trinajstić information content (AvgIpc) is 2.80. The molecule has 0 amide bonds. The lowest BCUT2D eigenvalue weighted by molar-refractivity contribution is 0.480. The predicted octanol–water partition coefficient (Wildman–Crippen LogP) is 4.00. The highest BCUT2D eigenvalue weighted by atomic mass is 14.5. The van der Waals surface area contributed by atoms with Gasteiger partial charge in [-0.2, -0.15) is 0 Å². The standard InChI is InChI=1S/C12H22/c1-2-3-4-7-10-11-8-5-6-9-12(10)11/h10-12H,2-9H2,1H3. The van der Waals surface area contributed by atoms with E-state index >= 15 is 0 Å². The highest BCUT2D eigenvalue weighted by Crippen LogP contribution is 2.57. The van der Waals surface area contributed by atoms with Gasteiger partial charge in [-0.3, -0.25) is 0 Å². The molecule has 2 saturated carbocycles. The summed E-state index contributed by atoms with van der Waals surface area (Å²) in [6.45, 7) is 2.31. The molecule has 0 aromatic carbocycles. The fraction of sp³-hybridized carbons (Fsp3) is 1.00. The van der Waals surface area contributed by atoms with E-state index in [1.165, 1.54) is 49.9 Å². The summed E-state index contributed by atoms with van der Waals surface area (Å²) in [5, 5.41) is 0. The summed E-state index contributed by atoms with van der Waals surface area (Å²) in [6.07, 6.45) is 12.1. The van der Waals surface area contributed by atoms with Crippen LogP contribution in [0.3, 0.4) is 0 Å². The van der Waals surface area contributed by atoms with Gasteiger partial charge in [0.1, 0.15) is 0 Å². The fourth-order valence-electron chi connectivity index (χ4n) is 3.20. The zero-order valence-electron chi connectivity index (χ0n) is 8.39. The summed E-state index contributed by atoms with van der Waals surface area (Å²) >= 11 is 0. The van der Waals surface area contributed by atoms with Crippen LogP contribution in [0.25, 0.3) is 0 Å². The highest BCUT2D eigenvalue weighted by molar-refractivity contribution is 4.98. The van der Waals surface area contributed by atoms with Crippen LogP contribution in [0.1, 0.15) is 58.3 Å². The van der Waals surface area contributed by atoms with Gasteiger partial charge in [0.05, 0.1) is 0 Å². The summed E-state index contributed by atoms with van der Waals surface area (Å²) < 4.78 is 0. The van der Waals surface area contributed by atoms with Crippen molar-refractivity contribution in [1.29, 1.82) is 0 Å². The molecule has 0 N–H and O–H groups in total. The molecule has 0 nitrogen and oxygen atoms in total. The summed E-state index contributed by atoms with van der Waals surface area (Å²) in [5.74, 6) is 3.56. The van der Waals surface area contributed by atoms with E-state index in [1.54, 1.807) is 19.3 Å². The van der Waals surface area contributed by atoms with Crippen LogP contribution in [0.5, 0.6) is 0 Å². The molecule has 0 saturated heterocycles. The van der Waals surface area contributed by atoms with Crippen LogP contribution >= 0.6 is 0 Å². The number of fused-ring (bicyclic) bond motifs is 1. The van der Waals surface area contributed by atoms with E-state index in [2.05, 4.69) is 6.92 Å². The molecular weight excluding hydrogens is 144 g/mol. The topological polar surface area (TPSA) is 0 Å². The van der Waals surface area contributed by atoms with Gasteiger partial charge in [0, 0.05) is 0 Å². The molecule has 0 radical (unpaired) electrons. The first kappa shape index (κ1) is 8.59. The molecule has 0 bridgehead atoms. The third kappa shape index (κ3) is 1.67. The molecule has 0 aromatic heterocycles. The van der Waals surface area contributed by atoms with Gasteiger partial charge in [-0.1, -0.05) is 39.0 Å². The van der Waals surface area contributed by atoms with Gasteiger partial charge in [-0.05, 0) is 37.0 Å². The zero-order chi connectivity index (χ0) is 8.39. The third-order valence-electron chi connectivity index (χ3n) is 3.97. The van der Waals surface area contributed by atoms with E-state index in [9.17, 15) is 0 Å². The van der Waals surface area contributed by atoms with E-state index in [4.69, 9.17) is 0 Å². The van der Waals surface area contributed by atoms with Crippen molar-refractivity contribution < 1.29 is 0 Å². The van der Waals surface area contributed by atoms with E-state index in [1.807, 2.05) is 0 Å². The van der Waals surface area contributed by atoms with E-state index < -0.39 is 0 Å². The van der Waals surface area contributed by atoms with Gasteiger partial charge in [-0.25, -0.2) is 0 Å². The van der Waals surface area contributed by atoms with Gasteiger partial charge in [0.15, 0.2) is 0 Å². The SMILES string of the molecule is CCCCCC1C2CCCCC12. The van der Waals surface area contributed by atoms with Crippen molar-refractivity contribution in [3.8, 4) is 0 Å². The maximum atomic E-state index is 2.31. The molecule has 0 aromatic rings. The highest BCUT2D eigenvalue weighted by Gasteiger charge is 2.49. The molecule has 12 heavy (non-hydrogen) atoms. The van der Waals surface area contributed by atoms with Crippen LogP contribution in [0.4, 0.5) is 0 Å². The molecule has 2 rings (SSSR count). The van der Waals surface area contributed by atoms with Crippen LogP contribution < -0.4 is 0 Å². The third-order valence-corrected chi connectivity index (χ3v) is 3.97. The largest absolute Gasteiger partial charge is 0.0654 e. The first-order valence-electron chi connectivity index (χ1n) is 5.93. The number of hydrogen-bond acceptors (Lipinski definition) is 0. The fourth-order valence-corrected chi connectivity index (χ4v) is 3.20. The van der Waals surface area contributed by atoms with Crippen LogP contribution in [-0.2, 0) is 0 Å². The Morgan fingerprint density at radius 2 is 1.67 bits per heavy atom. The maximum absolute atomic E-state index is 2.31. The van der Waals surface area contributed by atoms with E-state index in [0.29, 0.717) is 0 Å². The lowest BCUT2D eigenvalue weighted by Crippen LogP contribution is -1.91. The number of unbranched alkanes of at least 4 members (excludes halogenated alkanes) is 2. The monoisotopic (exact) mass is 166 g/mol. The van der Waals surface area contributed by atoms with Crippen LogP contribution in [0.2, 0.25) is 0 Å². The normalized spacial score (nSPS) is 39.2. The minimum Gasteiger partial charge on any atom is -0.0654 e. The second kappa shape index (κ2) is 3.81. The van der Waals surface area contributed by atoms with Gasteiger partial charge in [0.2, 0.25) is 0 Å². The molecule has 2 fully saturated rings. The number of hydrogen-bond donors (Lipinski definition) is 0. The Morgan fingerprint density at radius 3 is 2.25 bits per heavy atom. The second-order valence-corrected chi connectivity index (χ2v) is 4.77. The molecule has 2 atom stereocenters. The summed E-state index contributed by atoms with van der Waals surface area (Å²) in [4.78, 5) is 0. The van der Waals surface area contributed by atoms with E-state index in [0.717, 1.165) is 0 Å². The maximum Gasteiger partial charge on any atom is -0.0352 e. The van der Waals surface area contributed by atoms with E-state index in [-0.39, 0.29) is 0 Å². The second-order valence-electron chi connectivity index (χ2n) is 4.77. The molecule has 0 heterocycles. The molecule has 0 heteroatoms. The van der Waals surface area contributed by atoms with Gasteiger partial charge >= 0.3 is 0 Å². The van der Waals surface area contributed by atoms with Crippen molar-refractivity contribution in [1.82, 2.24) is 0 Å². The lowest BCUT2D eigenvalue weighted by Gasteiger charge is -2.05. The van der Waals surface area contributed by atoms with Crippen LogP contribution in [0, 0.1) is 17.8 Å². The smallest absolute Gasteiger partial charge is 0.0352 e. The Kier molecular flexibility index (Phi) is 2.73. The first-order chi connectivity index (χ1) is 5.93. The predicted molar refractivity (Wildman–Crippen MR) is 53.1 cm³/mol.